The summed E-state index contributed by atoms with van der Waals surface area (Å²) in [6.45, 7) is 2.49. The second kappa shape index (κ2) is 8.27. The van der Waals surface area contributed by atoms with Crippen molar-refractivity contribution in [3.8, 4) is 0 Å². The van der Waals surface area contributed by atoms with Gasteiger partial charge in [0.2, 0.25) is 0 Å². The van der Waals surface area contributed by atoms with Crippen molar-refractivity contribution in [3.63, 3.8) is 0 Å². The third-order valence-corrected chi connectivity index (χ3v) is 6.17. The highest BCUT2D eigenvalue weighted by molar-refractivity contribution is 7.84. The summed E-state index contributed by atoms with van der Waals surface area (Å²) in [6.07, 6.45) is 0.800. The van der Waals surface area contributed by atoms with Gasteiger partial charge in [-0.3, -0.25) is 9.00 Å². The zero-order chi connectivity index (χ0) is 17.6. The molecule has 1 N–H and O–H groups in total. The number of amides is 1. The zero-order valence-corrected chi connectivity index (χ0v) is 15.5. The van der Waals surface area contributed by atoms with Crippen molar-refractivity contribution in [2.24, 2.45) is 0 Å². The largest absolute Gasteiger partial charge is 0.455 e. The van der Waals surface area contributed by atoms with Gasteiger partial charge in [0.05, 0.1) is 16.6 Å². The molecule has 1 aromatic carbocycles. The van der Waals surface area contributed by atoms with Crippen molar-refractivity contribution in [3.05, 3.63) is 75.9 Å². The molecule has 1 atom stereocenters. The normalized spacial score (nSPS) is 12.0. The zero-order valence-electron chi connectivity index (χ0n) is 13.9. The van der Waals surface area contributed by atoms with Crippen molar-refractivity contribution in [1.82, 2.24) is 5.32 Å². The fourth-order valence-corrected chi connectivity index (χ4v) is 4.37. The van der Waals surface area contributed by atoms with Gasteiger partial charge in [-0.25, -0.2) is 0 Å². The number of carbonyl (C=O) groups is 1. The summed E-state index contributed by atoms with van der Waals surface area (Å²) in [4.78, 5) is 14.1. The van der Waals surface area contributed by atoms with Crippen LogP contribution in [0.4, 0.5) is 0 Å². The van der Waals surface area contributed by atoms with E-state index >= 15 is 0 Å². The van der Waals surface area contributed by atoms with Crippen molar-refractivity contribution in [1.29, 1.82) is 0 Å². The minimum Gasteiger partial charge on any atom is -0.455 e. The van der Waals surface area contributed by atoms with Crippen molar-refractivity contribution >= 4 is 28.0 Å². The number of carbonyl (C=O) groups excluding carboxylic acids is 1. The fraction of sp³-hybridized carbons (Fsp3) is 0.211. The van der Waals surface area contributed by atoms with Gasteiger partial charge in [-0.2, -0.15) is 0 Å². The Morgan fingerprint density at radius 2 is 2.00 bits per heavy atom. The van der Waals surface area contributed by atoms with Gasteiger partial charge in [0.15, 0.2) is 5.76 Å². The number of thiophene rings is 1. The predicted octanol–water partition coefficient (Wildman–Crippen LogP) is 3.93. The van der Waals surface area contributed by atoms with Crippen LogP contribution in [0.1, 0.15) is 26.8 Å². The Hall–Kier alpha value is -2.18. The monoisotopic (exact) mass is 373 g/mol. The van der Waals surface area contributed by atoms with E-state index < -0.39 is 10.8 Å². The van der Waals surface area contributed by atoms with E-state index in [-0.39, 0.29) is 17.4 Å². The molecular formula is C19H19NO3S2. The molecule has 1 amide bonds. The Balaban J connectivity index is 1.55. The molecule has 0 fully saturated rings. The Bertz CT molecular complexity index is 868. The number of rotatable bonds is 7. The topological polar surface area (TPSA) is 59.3 Å². The summed E-state index contributed by atoms with van der Waals surface area (Å²) in [5, 5.41) is 4.86. The maximum Gasteiger partial charge on any atom is 0.287 e. The van der Waals surface area contributed by atoms with Gasteiger partial charge in [-0.05, 0) is 48.6 Å². The van der Waals surface area contributed by atoms with Crippen LogP contribution >= 0.6 is 11.3 Å². The van der Waals surface area contributed by atoms with Gasteiger partial charge in [0.1, 0.15) is 5.76 Å². The van der Waals surface area contributed by atoms with E-state index in [0.717, 1.165) is 16.9 Å². The van der Waals surface area contributed by atoms with Crippen LogP contribution in [-0.4, -0.2) is 16.7 Å². The van der Waals surface area contributed by atoms with E-state index in [2.05, 4.69) is 5.32 Å². The van der Waals surface area contributed by atoms with Crippen LogP contribution in [0.25, 0.3) is 0 Å². The van der Waals surface area contributed by atoms with Gasteiger partial charge in [-0.1, -0.05) is 24.3 Å². The van der Waals surface area contributed by atoms with Crippen LogP contribution in [0.3, 0.4) is 0 Å². The molecule has 2 heterocycles. The molecule has 2 aromatic heterocycles. The first-order chi connectivity index (χ1) is 12.1. The van der Waals surface area contributed by atoms with E-state index in [1.807, 2.05) is 48.7 Å². The first kappa shape index (κ1) is 17.6. The van der Waals surface area contributed by atoms with Crippen LogP contribution in [0.5, 0.6) is 0 Å². The molecule has 0 saturated heterocycles. The van der Waals surface area contributed by atoms with Gasteiger partial charge in [0, 0.05) is 16.3 Å². The van der Waals surface area contributed by atoms with E-state index in [9.17, 15) is 9.00 Å². The molecule has 3 aromatic rings. The van der Waals surface area contributed by atoms with Gasteiger partial charge in [-0.15, -0.1) is 11.3 Å². The van der Waals surface area contributed by atoms with Crippen LogP contribution in [0.2, 0.25) is 0 Å². The summed E-state index contributed by atoms with van der Waals surface area (Å²) < 4.78 is 18.0. The Morgan fingerprint density at radius 3 is 2.76 bits per heavy atom. The molecule has 0 radical (unpaired) electrons. The summed E-state index contributed by atoms with van der Waals surface area (Å²) in [6, 6.07) is 15.0. The van der Waals surface area contributed by atoms with E-state index in [1.165, 1.54) is 4.88 Å². The molecule has 0 saturated carbocycles. The Labute approximate surface area is 153 Å². The summed E-state index contributed by atoms with van der Waals surface area (Å²) in [7, 11) is -1.20. The smallest absolute Gasteiger partial charge is 0.287 e. The molecule has 1 unspecified atom stereocenters. The van der Waals surface area contributed by atoms with Crippen molar-refractivity contribution in [2.75, 3.05) is 6.54 Å². The van der Waals surface area contributed by atoms with Crippen molar-refractivity contribution < 1.29 is 13.4 Å². The Kier molecular flexibility index (Phi) is 5.83. The van der Waals surface area contributed by atoms with Gasteiger partial charge >= 0.3 is 0 Å². The van der Waals surface area contributed by atoms with Gasteiger partial charge < -0.3 is 9.73 Å². The average Bonchev–Trinajstić information content (AvgIpc) is 3.27. The van der Waals surface area contributed by atoms with Gasteiger partial charge in [0.25, 0.3) is 5.91 Å². The highest BCUT2D eigenvalue weighted by atomic mass is 32.2. The molecule has 3 rings (SSSR count). The number of hydrogen-bond acceptors (Lipinski definition) is 4. The lowest BCUT2D eigenvalue weighted by molar-refractivity contribution is 0.0925. The molecule has 4 nitrogen and oxygen atoms in total. The minimum atomic E-state index is -1.20. The first-order valence-electron chi connectivity index (χ1n) is 7.97. The number of benzene rings is 1. The average molecular weight is 373 g/mol. The van der Waals surface area contributed by atoms with Crippen LogP contribution in [0.15, 0.2) is 63.2 Å². The fourth-order valence-electron chi connectivity index (χ4n) is 2.44. The molecule has 6 heteroatoms. The van der Waals surface area contributed by atoms with Crippen molar-refractivity contribution in [2.45, 2.75) is 24.0 Å². The molecule has 0 bridgehead atoms. The number of furan rings is 1. The quantitative estimate of drug-likeness (QED) is 0.683. The minimum absolute atomic E-state index is 0.246. The Morgan fingerprint density at radius 1 is 1.16 bits per heavy atom. The lowest BCUT2D eigenvalue weighted by Crippen LogP contribution is -2.25. The number of nitrogens with one attached hydrogen (secondary N) is 1. The molecule has 0 spiro atoms. The lowest BCUT2D eigenvalue weighted by Gasteiger charge is -2.04. The molecule has 0 aliphatic heterocycles. The third-order valence-electron chi connectivity index (χ3n) is 3.73. The van der Waals surface area contributed by atoms with E-state index in [0.29, 0.717) is 12.3 Å². The molecule has 25 heavy (non-hydrogen) atoms. The molecule has 0 aliphatic rings. The second-order valence-electron chi connectivity index (χ2n) is 5.61. The third kappa shape index (κ3) is 4.67. The van der Waals surface area contributed by atoms with E-state index in [4.69, 9.17) is 4.42 Å². The highest BCUT2D eigenvalue weighted by Gasteiger charge is 2.14. The number of aryl methyl sites for hydroxylation is 1. The van der Waals surface area contributed by atoms with Crippen LogP contribution in [0, 0.1) is 6.92 Å². The maximum absolute atomic E-state index is 12.5. The van der Waals surface area contributed by atoms with Crippen LogP contribution < -0.4 is 5.32 Å². The maximum atomic E-state index is 12.5. The first-order valence-corrected chi connectivity index (χ1v) is 10.2. The molecular weight excluding hydrogens is 354 g/mol. The van der Waals surface area contributed by atoms with Crippen LogP contribution in [-0.2, 0) is 23.0 Å². The summed E-state index contributed by atoms with van der Waals surface area (Å²) >= 11 is 1.67. The van der Waals surface area contributed by atoms with E-state index in [1.54, 1.807) is 23.5 Å². The SMILES string of the molecule is Cc1ccccc1S(=O)Cc1ccc(C(=O)NCCc2cccs2)o1. The standard InChI is InChI=1S/C19H19NO3S2/c1-14-5-2-3-7-18(14)25(22)13-15-8-9-17(23-15)19(21)20-11-10-16-6-4-12-24-16/h2-9,12H,10-11,13H2,1H3,(H,20,21). The second-order valence-corrected chi connectivity index (χ2v) is 8.06. The molecule has 0 aliphatic carbocycles. The lowest BCUT2D eigenvalue weighted by atomic mass is 10.2. The highest BCUT2D eigenvalue weighted by Crippen LogP contribution is 2.18. The number of hydrogen-bond donors (Lipinski definition) is 1. The molecule has 130 valence electrons. The summed E-state index contributed by atoms with van der Waals surface area (Å²) in [5.74, 6) is 0.810. The predicted molar refractivity (Wildman–Crippen MR) is 100 cm³/mol. The summed E-state index contributed by atoms with van der Waals surface area (Å²) in [5.41, 5.74) is 0.985.